The van der Waals surface area contributed by atoms with Crippen molar-refractivity contribution in [2.24, 2.45) is 7.05 Å². The summed E-state index contributed by atoms with van der Waals surface area (Å²) in [5, 5.41) is 6.73. The van der Waals surface area contributed by atoms with Gasteiger partial charge in [0.2, 0.25) is 0 Å². The van der Waals surface area contributed by atoms with Gasteiger partial charge in [-0.05, 0) is 25.7 Å². The van der Waals surface area contributed by atoms with Crippen molar-refractivity contribution in [3.63, 3.8) is 0 Å². The van der Waals surface area contributed by atoms with Crippen LogP contribution < -0.4 is 10.9 Å². The van der Waals surface area contributed by atoms with Crippen molar-refractivity contribution in [2.75, 3.05) is 0 Å². The number of nitrogens with one attached hydrogen (secondary N) is 2. The maximum atomic E-state index is 11.7. The van der Waals surface area contributed by atoms with Gasteiger partial charge in [0.05, 0.1) is 5.69 Å². The summed E-state index contributed by atoms with van der Waals surface area (Å²) in [7, 11) is 1.80. The Morgan fingerprint density at radius 2 is 2.29 bits per heavy atom. The third kappa shape index (κ3) is 1.00. The molecule has 0 unspecified atom stereocenters. The molecule has 0 saturated carbocycles. The van der Waals surface area contributed by atoms with Crippen LogP contribution in [0.5, 0.6) is 0 Å². The van der Waals surface area contributed by atoms with Gasteiger partial charge in [-0.3, -0.25) is 14.6 Å². The topological polar surface area (TPSA) is 49.8 Å². The van der Waals surface area contributed by atoms with Gasteiger partial charge in [0.25, 0.3) is 5.56 Å². The molecule has 2 atom stereocenters. The van der Waals surface area contributed by atoms with E-state index in [1.807, 2.05) is 0 Å². The quantitative estimate of drug-likeness (QED) is 0.628. The molecule has 2 bridgehead atoms. The Balaban J connectivity index is 2.15. The summed E-state index contributed by atoms with van der Waals surface area (Å²) in [4.78, 5) is 11.7. The van der Waals surface area contributed by atoms with E-state index in [-0.39, 0.29) is 5.56 Å². The van der Waals surface area contributed by atoms with Crippen molar-refractivity contribution in [2.45, 2.75) is 37.8 Å². The molecule has 1 fully saturated rings. The van der Waals surface area contributed by atoms with Crippen LogP contribution in [0.25, 0.3) is 0 Å². The first-order valence-electron chi connectivity index (χ1n) is 5.29. The summed E-state index contributed by atoms with van der Waals surface area (Å²) >= 11 is 0. The maximum Gasteiger partial charge on any atom is 0.269 e. The Hall–Kier alpha value is -1.03. The molecule has 0 aliphatic carbocycles. The highest BCUT2D eigenvalue weighted by molar-refractivity contribution is 5.26. The van der Waals surface area contributed by atoms with Crippen LogP contribution in [-0.4, -0.2) is 15.8 Å². The fourth-order valence-corrected chi connectivity index (χ4v) is 2.76. The van der Waals surface area contributed by atoms with Crippen molar-refractivity contribution in [3.05, 3.63) is 21.6 Å². The van der Waals surface area contributed by atoms with E-state index < -0.39 is 0 Å². The molecular formula is C10H15N3O. The van der Waals surface area contributed by atoms with Crippen molar-refractivity contribution in [1.29, 1.82) is 0 Å². The smallest absolute Gasteiger partial charge is 0.269 e. The van der Waals surface area contributed by atoms with Crippen molar-refractivity contribution in [1.82, 2.24) is 15.1 Å². The number of piperidine rings is 1. The predicted molar refractivity (Wildman–Crippen MR) is 53.3 cm³/mol. The molecule has 0 amide bonds. The SMILES string of the molecule is Cn1[nH]c2c(c1=O)C[C@H]1CCC[C@@H]2N1. The summed E-state index contributed by atoms with van der Waals surface area (Å²) in [6.45, 7) is 0. The minimum absolute atomic E-state index is 0.165. The van der Waals surface area contributed by atoms with Crippen LogP contribution in [0, 0.1) is 0 Å². The second-order valence-corrected chi connectivity index (χ2v) is 4.42. The van der Waals surface area contributed by atoms with Gasteiger partial charge in [0.1, 0.15) is 0 Å². The number of nitrogens with zero attached hydrogens (tertiary/aromatic N) is 1. The van der Waals surface area contributed by atoms with Gasteiger partial charge in [0, 0.05) is 24.7 Å². The normalized spacial score (nSPS) is 30.1. The third-order valence-corrected chi connectivity index (χ3v) is 3.46. The van der Waals surface area contributed by atoms with Crippen molar-refractivity contribution < 1.29 is 0 Å². The number of aromatic amines is 1. The molecule has 0 radical (unpaired) electrons. The highest BCUT2D eigenvalue weighted by Gasteiger charge is 2.32. The Morgan fingerprint density at radius 3 is 3.14 bits per heavy atom. The first-order valence-corrected chi connectivity index (χ1v) is 5.29. The van der Waals surface area contributed by atoms with Crippen LogP contribution in [0.4, 0.5) is 0 Å². The fraction of sp³-hybridized carbons (Fsp3) is 0.700. The average Bonchev–Trinajstić information content (AvgIpc) is 2.46. The van der Waals surface area contributed by atoms with E-state index in [9.17, 15) is 4.79 Å². The molecule has 4 nitrogen and oxygen atoms in total. The second-order valence-electron chi connectivity index (χ2n) is 4.42. The molecule has 2 N–H and O–H groups in total. The number of aromatic nitrogens is 2. The predicted octanol–water partition coefficient (Wildman–Crippen LogP) is 0.453. The highest BCUT2D eigenvalue weighted by atomic mass is 16.1. The van der Waals surface area contributed by atoms with Crippen LogP contribution in [0.1, 0.15) is 36.6 Å². The highest BCUT2D eigenvalue weighted by Crippen LogP contribution is 2.31. The zero-order chi connectivity index (χ0) is 9.71. The molecule has 2 aliphatic rings. The van der Waals surface area contributed by atoms with Gasteiger partial charge < -0.3 is 5.32 Å². The van der Waals surface area contributed by atoms with E-state index in [1.165, 1.54) is 12.8 Å². The number of aryl methyl sites for hydroxylation is 1. The van der Waals surface area contributed by atoms with Gasteiger partial charge in [-0.1, -0.05) is 0 Å². The maximum absolute atomic E-state index is 11.7. The van der Waals surface area contributed by atoms with Gasteiger partial charge in [-0.2, -0.15) is 0 Å². The Labute approximate surface area is 82.3 Å². The average molecular weight is 193 g/mol. The molecule has 76 valence electrons. The summed E-state index contributed by atoms with van der Waals surface area (Å²) < 4.78 is 1.60. The molecule has 1 aromatic rings. The van der Waals surface area contributed by atoms with E-state index >= 15 is 0 Å². The summed E-state index contributed by atoms with van der Waals surface area (Å²) in [6, 6.07) is 0.927. The molecule has 0 aromatic carbocycles. The molecule has 3 heterocycles. The summed E-state index contributed by atoms with van der Waals surface area (Å²) in [5.74, 6) is 0. The zero-order valence-electron chi connectivity index (χ0n) is 8.34. The Kier molecular flexibility index (Phi) is 1.62. The minimum atomic E-state index is 0.165. The lowest BCUT2D eigenvalue weighted by molar-refractivity contribution is 0.297. The third-order valence-electron chi connectivity index (χ3n) is 3.46. The molecule has 1 saturated heterocycles. The van der Waals surface area contributed by atoms with Gasteiger partial charge in [-0.15, -0.1) is 0 Å². The van der Waals surface area contributed by atoms with Gasteiger partial charge >= 0.3 is 0 Å². The van der Waals surface area contributed by atoms with Crippen LogP contribution in [-0.2, 0) is 13.5 Å². The molecule has 0 spiro atoms. The fourth-order valence-electron chi connectivity index (χ4n) is 2.76. The largest absolute Gasteiger partial charge is 0.306 e. The van der Waals surface area contributed by atoms with Crippen molar-refractivity contribution >= 4 is 0 Å². The zero-order valence-corrected chi connectivity index (χ0v) is 8.34. The summed E-state index contributed by atoms with van der Waals surface area (Å²) in [5.41, 5.74) is 2.31. The first-order chi connectivity index (χ1) is 6.75. The number of fused-ring (bicyclic) bond motifs is 4. The number of hydrogen-bond donors (Lipinski definition) is 2. The lowest BCUT2D eigenvalue weighted by Gasteiger charge is -2.35. The van der Waals surface area contributed by atoms with Crippen molar-refractivity contribution in [3.8, 4) is 0 Å². The molecule has 3 rings (SSSR count). The number of rotatable bonds is 0. The van der Waals surface area contributed by atoms with Crippen LogP contribution in [0.2, 0.25) is 0 Å². The molecule has 1 aromatic heterocycles. The van der Waals surface area contributed by atoms with Gasteiger partial charge in [0.15, 0.2) is 0 Å². The molecule has 2 aliphatic heterocycles. The second kappa shape index (κ2) is 2.73. The lowest BCUT2D eigenvalue weighted by Crippen LogP contribution is -2.43. The van der Waals surface area contributed by atoms with E-state index in [4.69, 9.17) is 0 Å². The Bertz CT molecular complexity index is 417. The standard InChI is InChI=1S/C10H15N3O/c1-13-10(14)7-5-6-3-2-4-8(11-6)9(7)12-13/h6,8,11-12H,2-5H2,1H3/t6-,8+/m1/s1. The van der Waals surface area contributed by atoms with Gasteiger partial charge in [-0.25, -0.2) is 0 Å². The van der Waals surface area contributed by atoms with E-state index in [0.717, 1.165) is 24.1 Å². The van der Waals surface area contributed by atoms with E-state index in [1.54, 1.807) is 11.7 Å². The van der Waals surface area contributed by atoms with E-state index in [2.05, 4.69) is 10.4 Å². The molecular weight excluding hydrogens is 178 g/mol. The van der Waals surface area contributed by atoms with Crippen LogP contribution in [0.3, 0.4) is 0 Å². The van der Waals surface area contributed by atoms with Crippen LogP contribution >= 0.6 is 0 Å². The molecule has 14 heavy (non-hydrogen) atoms. The first kappa shape index (κ1) is 8.29. The van der Waals surface area contributed by atoms with E-state index in [0.29, 0.717) is 12.1 Å². The van der Waals surface area contributed by atoms with Crippen LogP contribution in [0.15, 0.2) is 4.79 Å². The molecule has 4 heteroatoms. The monoisotopic (exact) mass is 193 g/mol. The Morgan fingerprint density at radius 1 is 1.43 bits per heavy atom. The lowest BCUT2D eigenvalue weighted by atomic mass is 9.86. The summed E-state index contributed by atoms with van der Waals surface area (Å²) in [6.07, 6.45) is 4.55. The minimum Gasteiger partial charge on any atom is -0.306 e. The number of hydrogen-bond acceptors (Lipinski definition) is 2. The number of H-pyrrole nitrogens is 1.